The van der Waals surface area contributed by atoms with Crippen LogP contribution in [0.2, 0.25) is 0 Å². The van der Waals surface area contributed by atoms with Crippen LogP contribution in [0.4, 0.5) is 0 Å². The van der Waals surface area contributed by atoms with Crippen LogP contribution >= 0.6 is 27.7 Å². The SMILES string of the molecule is CCn1c(COc2ccc(C(C)C)cc2)nnc1SCc1cccc(Br)c1. The first kappa shape index (κ1) is 20.0. The Labute approximate surface area is 173 Å². The lowest BCUT2D eigenvalue weighted by Crippen LogP contribution is -2.07. The topological polar surface area (TPSA) is 39.9 Å². The predicted octanol–water partition coefficient (Wildman–Crippen LogP) is 6.06. The molecule has 0 radical (unpaired) electrons. The largest absolute Gasteiger partial charge is 0.486 e. The van der Waals surface area contributed by atoms with Crippen molar-refractivity contribution in [2.45, 2.75) is 50.8 Å². The van der Waals surface area contributed by atoms with Crippen molar-refractivity contribution >= 4 is 27.7 Å². The fourth-order valence-corrected chi connectivity index (χ4v) is 4.13. The molecule has 0 atom stereocenters. The van der Waals surface area contributed by atoms with E-state index in [0.29, 0.717) is 12.5 Å². The highest BCUT2D eigenvalue weighted by atomic mass is 79.9. The molecule has 0 aliphatic rings. The van der Waals surface area contributed by atoms with Gasteiger partial charge < -0.3 is 9.30 Å². The van der Waals surface area contributed by atoms with E-state index < -0.39 is 0 Å². The first-order valence-corrected chi connectivity index (χ1v) is 10.9. The molecule has 0 spiro atoms. The summed E-state index contributed by atoms with van der Waals surface area (Å²) in [6.07, 6.45) is 0. The maximum Gasteiger partial charge on any atom is 0.191 e. The molecule has 0 saturated carbocycles. The molecule has 3 aromatic rings. The summed E-state index contributed by atoms with van der Waals surface area (Å²) in [5.74, 6) is 3.08. The number of nitrogens with zero attached hydrogens (tertiary/aromatic N) is 3. The molecule has 0 amide bonds. The van der Waals surface area contributed by atoms with E-state index in [-0.39, 0.29) is 0 Å². The Morgan fingerprint density at radius 2 is 1.89 bits per heavy atom. The van der Waals surface area contributed by atoms with Gasteiger partial charge in [-0.05, 0) is 48.2 Å². The zero-order valence-corrected chi connectivity index (χ0v) is 18.3. The molecule has 0 aliphatic heterocycles. The van der Waals surface area contributed by atoms with Gasteiger partial charge in [-0.3, -0.25) is 0 Å². The molecule has 0 fully saturated rings. The molecule has 4 nitrogen and oxygen atoms in total. The standard InChI is InChI=1S/C21H24BrN3OS/c1-4-25-20(13-26-19-10-8-17(9-11-19)15(2)3)23-24-21(25)27-14-16-6-5-7-18(22)12-16/h5-12,15H,4,13-14H2,1-3H3. The molecule has 6 heteroatoms. The minimum Gasteiger partial charge on any atom is -0.486 e. The molecule has 0 N–H and O–H groups in total. The van der Waals surface area contributed by atoms with Crippen LogP contribution in [0.5, 0.6) is 5.75 Å². The zero-order valence-electron chi connectivity index (χ0n) is 15.9. The van der Waals surface area contributed by atoms with Gasteiger partial charge in [0.1, 0.15) is 12.4 Å². The van der Waals surface area contributed by atoms with Gasteiger partial charge in [-0.15, -0.1) is 10.2 Å². The van der Waals surface area contributed by atoms with Crippen LogP contribution in [-0.2, 0) is 18.9 Å². The van der Waals surface area contributed by atoms with E-state index >= 15 is 0 Å². The Balaban J connectivity index is 1.63. The van der Waals surface area contributed by atoms with Gasteiger partial charge in [0, 0.05) is 16.8 Å². The Morgan fingerprint density at radius 1 is 1.11 bits per heavy atom. The number of hydrogen-bond acceptors (Lipinski definition) is 4. The van der Waals surface area contributed by atoms with Crippen LogP contribution in [0.1, 0.15) is 43.6 Å². The number of hydrogen-bond donors (Lipinski definition) is 0. The summed E-state index contributed by atoms with van der Waals surface area (Å²) in [5, 5.41) is 9.62. The Morgan fingerprint density at radius 3 is 2.56 bits per heavy atom. The number of benzene rings is 2. The van der Waals surface area contributed by atoms with Crippen molar-refractivity contribution in [1.82, 2.24) is 14.8 Å². The van der Waals surface area contributed by atoms with E-state index in [9.17, 15) is 0 Å². The highest BCUT2D eigenvalue weighted by Gasteiger charge is 2.12. The van der Waals surface area contributed by atoms with Crippen LogP contribution in [0.25, 0.3) is 0 Å². The molecule has 27 heavy (non-hydrogen) atoms. The van der Waals surface area contributed by atoms with Gasteiger partial charge in [-0.1, -0.05) is 65.8 Å². The predicted molar refractivity (Wildman–Crippen MR) is 114 cm³/mol. The Bertz CT molecular complexity index is 877. The molecular weight excluding hydrogens is 422 g/mol. The second-order valence-corrected chi connectivity index (χ2v) is 8.43. The second kappa shape index (κ2) is 9.42. The third kappa shape index (κ3) is 5.36. The highest BCUT2D eigenvalue weighted by Crippen LogP contribution is 2.24. The van der Waals surface area contributed by atoms with E-state index in [1.54, 1.807) is 11.8 Å². The molecule has 0 saturated heterocycles. The summed E-state index contributed by atoms with van der Waals surface area (Å²) in [6, 6.07) is 16.6. The smallest absolute Gasteiger partial charge is 0.191 e. The number of ether oxygens (including phenoxy) is 1. The molecular formula is C21H24BrN3OS. The fourth-order valence-electron chi connectivity index (χ4n) is 2.72. The Kier molecular flexibility index (Phi) is 6.96. The normalized spacial score (nSPS) is 11.1. The Hall–Kier alpha value is -1.79. The third-order valence-electron chi connectivity index (χ3n) is 4.28. The van der Waals surface area contributed by atoms with E-state index in [1.807, 2.05) is 24.3 Å². The van der Waals surface area contributed by atoms with Crippen molar-refractivity contribution in [3.63, 3.8) is 0 Å². The van der Waals surface area contributed by atoms with Crippen LogP contribution in [0.3, 0.4) is 0 Å². The average Bonchev–Trinajstić information content (AvgIpc) is 3.07. The number of halogens is 1. The van der Waals surface area contributed by atoms with Gasteiger partial charge in [0.25, 0.3) is 0 Å². The van der Waals surface area contributed by atoms with Crippen LogP contribution in [0, 0.1) is 0 Å². The summed E-state index contributed by atoms with van der Waals surface area (Å²) < 4.78 is 9.13. The molecule has 142 valence electrons. The zero-order chi connectivity index (χ0) is 19.2. The molecule has 1 aromatic heterocycles. The van der Waals surface area contributed by atoms with Gasteiger partial charge in [0.15, 0.2) is 11.0 Å². The first-order valence-electron chi connectivity index (χ1n) is 9.09. The second-order valence-electron chi connectivity index (χ2n) is 6.57. The number of aromatic nitrogens is 3. The van der Waals surface area contributed by atoms with E-state index in [0.717, 1.165) is 33.5 Å². The molecule has 0 unspecified atom stereocenters. The molecule has 3 rings (SSSR count). The summed E-state index contributed by atoms with van der Waals surface area (Å²) in [6.45, 7) is 7.71. The molecule has 1 heterocycles. The third-order valence-corrected chi connectivity index (χ3v) is 5.81. The number of rotatable bonds is 8. The lowest BCUT2D eigenvalue weighted by Gasteiger charge is -2.10. The molecule has 0 bridgehead atoms. The summed E-state index contributed by atoms with van der Waals surface area (Å²) >= 11 is 5.21. The maximum atomic E-state index is 5.92. The minimum atomic E-state index is 0.416. The van der Waals surface area contributed by atoms with Crippen molar-refractivity contribution in [3.8, 4) is 5.75 Å². The van der Waals surface area contributed by atoms with Gasteiger partial charge >= 0.3 is 0 Å². The minimum absolute atomic E-state index is 0.416. The summed E-state index contributed by atoms with van der Waals surface area (Å²) in [5.41, 5.74) is 2.56. The lowest BCUT2D eigenvalue weighted by atomic mass is 10.0. The monoisotopic (exact) mass is 445 g/mol. The van der Waals surface area contributed by atoms with Gasteiger partial charge in [-0.2, -0.15) is 0 Å². The summed E-state index contributed by atoms with van der Waals surface area (Å²) in [7, 11) is 0. The average molecular weight is 446 g/mol. The van der Waals surface area contributed by atoms with E-state index in [4.69, 9.17) is 4.74 Å². The van der Waals surface area contributed by atoms with Crippen molar-refractivity contribution in [2.75, 3.05) is 0 Å². The van der Waals surface area contributed by atoms with Gasteiger partial charge in [0.2, 0.25) is 0 Å². The highest BCUT2D eigenvalue weighted by molar-refractivity contribution is 9.10. The van der Waals surface area contributed by atoms with Gasteiger partial charge in [0.05, 0.1) is 0 Å². The van der Waals surface area contributed by atoms with Crippen LogP contribution in [-0.4, -0.2) is 14.8 Å². The fraction of sp³-hybridized carbons (Fsp3) is 0.333. The quantitative estimate of drug-likeness (QED) is 0.395. The summed E-state index contributed by atoms with van der Waals surface area (Å²) in [4.78, 5) is 0. The van der Waals surface area contributed by atoms with Crippen molar-refractivity contribution < 1.29 is 4.74 Å². The van der Waals surface area contributed by atoms with Crippen LogP contribution in [0.15, 0.2) is 58.2 Å². The first-order chi connectivity index (χ1) is 13.1. The van der Waals surface area contributed by atoms with Crippen molar-refractivity contribution in [2.24, 2.45) is 0 Å². The maximum absolute atomic E-state index is 5.92. The lowest BCUT2D eigenvalue weighted by molar-refractivity contribution is 0.288. The van der Waals surface area contributed by atoms with Gasteiger partial charge in [-0.25, -0.2) is 0 Å². The van der Waals surface area contributed by atoms with E-state index in [2.05, 4.69) is 75.7 Å². The van der Waals surface area contributed by atoms with Crippen molar-refractivity contribution in [1.29, 1.82) is 0 Å². The molecule has 2 aromatic carbocycles. The van der Waals surface area contributed by atoms with Crippen molar-refractivity contribution in [3.05, 3.63) is 70.0 Å². The number of thioether (sulfide) groups is 1. The molecule has 0 aliphatic carbocycles. The van der Waals surface area contributed by atoms with Crippen LogP contribution < -0.4 is 4.74 Å². The van der Waals surface area contributed by atoms with E-state index in [1.165, 1.54) is 11.1 Å².